The molecule has 0 aliphatic carbocycles. The number of benzene rings is 2. The van der Waals surface area contributed by atoms with E-state index in [1.54, 1.807) is 0 Å². The molecule has 1 atom stereocenters. The molecule has 5 heteroatoms. The molecule has 0 bridgehead atoms. The van der Waals surface area contributed by atoms with Crippen LogP contribution in [0, 0.1) is 0 Å². The van der Waals surface area contributed by atoms with Gasteiger partial charge in [0, 0.05) is 23.7 Å². The van der Waals surface area contributed by atoms with E-state index in [0.717, 1.165) is 28.0 Å². The Kier molecular flexibility index (Phi) is 3.19. The normalized spacial score (nSPS) is 16.6. The molecule has 2 aromatic carbocycles. The van der Waals surface area contributed by atoms with Crippen LogP contribution >= 0.6 is 0 Å². The van der Waals surface area contributed by atoms with Crippen LogP contribution in [0.4, 0.5) is 4.79 Å². The zero-order valence-electron chi connectivity index (χ0n) is 12.4. The zero-order chi connectivity index (χ0) is 15.8. The summed E-state index contributed by atoms with van der Waals surface area (Å²) in [4.78, 5) is 14.1. The van der Waals surface area contributed by atoms with Gasteiger partial charge in [0.1, 0.15) is 5.75 Å². The van der Waals surface area contributed by atoms with Crippen LogP contribution in [-0.4, -0.2) is 22.8 Å². The molecule has 116 valence electrons. The fourth-order valence-corrected chi connectivity index (χ4v) is 3.10. The van der Waals surface area contributed by atoms with Gasteiger partial charge < -0.3 is 20.1 Å². The first-order valence-electron chi connectivity index (χ1n) is 7.54. The van der Waals surface area contributed by atoms with Crippen LogP contribution in [0.1, 0.15) is 18.0 Å². The van der Waals surface area contributed by atoms with Crippen molar-refractivity contribution in [1.82, 2.24) is 10.3 Å². The third-order valence-corrected chi connectivity index (χ3v) is 4.24. The number of rotatable bonds is 2. The van der Waals surface area contributed by atoms with Gasteiger partial charge in [-0.2, -0.15) is 0 Å². The highest BCUT2D eigenvalue weighted by Gasteiger charge is 2.23. The van der Waals surface area contributed by atoms with E-state index in [-0.39, 0.29) is 6.04 Å². The number of nitrogens with one attached hydrogen (secondary N) is 2. The molecule has 3 aromatic rings. The molecule has 1 aromatic heterocycles. The molecular weight excluding hydrogens is 292 g/mol. The summed E-state index contributed by atoms with van der Waals surface area (Å²) in [6.45, 7) is 0.511. The lowest BCUT2D eigenvalue weighted by atomic mass is 9.96. The third kappa shape index (κ3) is 2.50. The molecule has 0 saturated carbocycles. The minimum Gasteiger partial charge on any atom is -0.493 e. The summed E-state index contributed by atoms with van der Waals surface area (Å²) in [5.74, 6) is 0.749. The van der Waals surface area contributed by atoms with Crippen LogP contribution < -0.4 is 10.1 Å². The maximum absolute atomic E-state index is 10.9. The topological polar surface area (TPSA) is 74.3 Å². The number of H-pyrrole nitrogens is 1. The van der Waals surface area contributed by atoms with E-state index < -0.39 is 6.09 Å². The molecule has 0 spiro atoms. The summed E-state index contributed by atoms with van der Waals surface area (Å²) in [6.07, 6.45) is 1.56. The highest BCUT2D eigenvalue weighted by atomic mass is 16.5. The molecule has 0 saturated heterocycles. The van der Waals surface area contributed by atoms with E-state index in [4.69, 9.17) is 9.84 Å². The van der Waals surface area contributed by atoms with Crippen LogP contribution in [0.2, 0.25) is 0 Å². The van der Waals surface area contributed by atoms with Crippen molar-refractivity contribution in [3.63, 3.8) is 0 Å². The van der Waals surface area contributed by atoms with E-state index in [9.17, 15) is 4.79 Å². The average molecular weight is 308 g/mol. The number of hydrogen-bond donors (Lipinski definition) is 3. The van der Waals surface area contributed by atoms with Crippen molar-refractivity contribution in [2.24, 2.45) is 0 Å². The van der Waals surface area contributed by atoms with Gasteiger partial charge in [0.05, 0.1) is 12.6 Å². The van der Waals surface area contributed by atoms with E-state index in [2.05, 4.69) is 28.5 Å². The molecule has 1 unspecified atom stereocenters. The standard InChI is InChI=1S/C18H16N2O3/c21-18(22)20-15-6-8-23-17-10-13(3-4-14(15)17)12-2-1-11-5-7-19-16(11)9-12/h1-5,7,9-10,15,19-20H,6,8H2,(H,21,22). The first-order chi connectivity index (χ1) is 11.2. The Morgan fingerprint density at radius 3 is 2.87 bits per heavy atom. The Morgan fingerprint density at radius 2 is 2.00 bits per heavy atom. The van der Waals surface area contributed by atoms with Crippen molar-refractivity contribution in [1.29, 1.82) is 0 Å². The second-order valence-corrected chi connectivity index (χ2v) is 5.67. The van der Waals surface area contributed by atoms with E-state index in [0.29, 0.717) is 13.0 Å². The van der Waals surface area contributed by atoms with E-state index in [1.165, 1.54) is 5.39 Å². The molecule has 4 rings (SSSR count). The second-order valence-electron chi connectivity index (χ2n) is 5.67. The molecule has 2 heterocycles. The lowest BCUT2D eigenvalue weighted by Gasteiger charge is -2.26. The van der Waals surface area contributed by atoms with Gasteiger partial charge in [-0.15, -0.1) is 0 Å². The van der Waals surface area contributed by atoms with Gasteiger partial charge >= 0.3 is 6.09 Å². The fourth-order valence-electron chi connectivity index (χ4n) is 3.10. The molecule has 1 aliphatic rings. The fraction of sp³-hybridized carbons (Fsp3) is 0.167. The van der Waals surface area contributed by atoms with Gasteiger partial charge in [-0.1, -0.05) is 24.3 Å². The number of aromatic nitrogens is 1. The van der Waals surface area contributed by atoms with Crippen molar-refractivity contribution in [3.05, 3.63) is 54.2 Å². The molecule has 23 heavy (non-hydrogen) atoms. The predicted molar refractivity (Wildman–Crippen MR) is 87.7 cm³/mol. The van der Waals surface area contributed by atoms with Crippen LogP contribution in [0.5, 0.6) is 5.75 Å². The number of aromatic amines is 1. The Hall–Kier alpha value is -2.95. The first-order valence-corrected chi connectivity index (χ1v) is 7.54. The van der Waals surface area contributed by atoms with Crippen LogP contribution in [0.3, 0.4) is 0 Å². The van der Waals surface area contributed by atoms with E-state index >= 15 is 0 Å². The lowest BCUT2D eigenvalue weighted by molar-refractivity contribution is 0.182. The van der Waals surface area contributed by atoms with Crippen molar-refractivity contribution >= 4 is 17.0 Å². The molecule has 0 radical (unpaired) electrons. The number of amides is 1. The van der Waals surface area contributed by atoms with Gasteiger partial charge in [0.2, 0.25) is 0 Å². The molecule has 0 fully saturated rings. The number of fused-ring (bicyclic) bond motifs is 2. The molecular formula is C18H16N2O3. The number of ether oxygens (including phenoxy) is 1. The SMILES string of the molecule is O=C(O)NC1CCOc2cc(-c3ccc4cc[nH]c4c3)ccc21. The highest BCUT2D eigenvalue weighted by Crippen LogP contribution is 2.36. The second kappa shape index (κ2) is 5.35. The summed E-state index contributed by atoms with van der Waals surface area (Å²) >= 11 is 0. The van der Waals surface area contributed by atoms with Crippen LogP contribution in [0.15, 0.2) is 48.7 Å². The predicted octanol–water partition coefficient (Wildman–Crippen LogP) is 3.93. The quantitative estimate of drug-likeness (QED) is 0.671. The third-order valence-electron chi connectivity index (χ3n) is 4.24. The average Bonchev–Trinajstić information content (AvgIpc) is 3.01. The lowest BCUT2D eigenvalue weighted by Crippen LogP contribution is -2.30. The Balaban J connectivity index is 1.72. The van der Waals surface area contributed by atoms with Crippen molar-refractivity contribution < 1.29 is 14.6 Å². The smallest absolute Gasteiger partial charge is 0.405 e. The summed E-state index contributed by atoms with van der Waals surface area (Å²) in [5.41, 5.74) is 4.13. The maximum atomic E-state index is 10.9. The van der Waals surface area contributed by atoms with Gasteiger partial charge in [-0.3, -0.25) is 0 Å². The number of carboxylic acid groups (broad SMARTS) is 1. The highest BCUT2D eigenvalue weighted by molar-refractivity contribution is 5.85. The summed E-state index contributed by atoms with van der Waals surface area (Å²) < 4.78 is 5.73. The van der Waals surface area contributed by atoms with Gasteiger partial charge in [0.15, 0.2) is 0 Å². The monoisotopic (exact) mass is 308 g/mol. The largest absolute Gasteiger partial charge is 0.493 e. The Labute approximate surface area is 132 Å². The number of carbonyl (C=O) groups is 1. The van der Waals surface area contributed by atoms with E-state index in [1.807, 2.05) is 30.5 Å². The molecule has 1 amide bonds. The van der Waals surface area contributed by atoms with Crippen molar-refractivity contribution in [3.8, 4) is 16.9 Å². The van der Waals surface area contributed by atoms with Crippen LogP contribution in [-0.2, 0) is 0 Å². The summed E-state index contributed by atoms with van der Waals surface area (Å²) in [7, 11) is 0. The van der Waals surface area contributed by atoms with Crippen molar-refractivity contribution in [2.75, 3.05) is 6.61 Å². The summed E-state index contributed by atoms with van der Waals surface area (Å²) in [5, 5.41) is 12.7. The van der Waals surface area contributed by atoms with Gasteiger partial charge in [-0.05, 0) is 34.7 Å². The molecule has 5 nitrogen and oxygen atoms in total. The Morgan fingerprint density at radius 1 is 1.17 bits per heavy atom. The Bertz CT molecular complexity index is 885. The maximum Gasteiger partial charge on any atom is 0.405 e. The first kappa shape index (κ1) is 13.7. The van der Waals surface area contributed by atoms with Gasteiger partial charge in [-0.25, -0.2) is 4.79 Å². The number of hydrogen-bond acceptors (Lipinski definition) is 2. The minimum absolute atomic E-state index is 0.212. The van der Waals surface area contributed by atoms with Crippen LogP contribution in [0.25, 0.3) is 22.0 Å². The van der Waals surface area contributed by atoms with Gasteiger partial charge in [0.25, 0.3) is 0 Å². The minimum atomic E-state index is -1.01. The molecule has 1 aliphatic heterocycles. The van der Waals surface area contributed by atoms with Crippen molar-refractivity contribution in [2.45, 2.75) is 12.5 Å². The molecule has 3 N–H and O–H groups in total. The zero-order valence-corrected chi connectivity index (χ0v) is 12.4. The summed E-state index contributed by atoms with van der Waals surface area (Å²) in [6, 6.07) is 14.0.